The Kier molecular flexibility index (Phi) is 4.27. The van der Waals surface area contributed by atoms with E-state index in [-0.39, 0.29) is 11.8 Å². The maximum Gasteiger partial charge on any atom is 0.218 e. The Labute approximate surface area is 115 Å². The molecule has 4 nitrogen and oxygen atoms in total. The lowest BCUT2D eigenvalue weighted by molar-refractivity contribution is 0.257. The first kappa shape index (κ1) is 14.1. The standard InChI is InChI=1S/C14H20N2O2S/c1-2-11-19(17,18)16-10-4-3-5-14(16)12-6-8-13(15)9-7-12/h2,6-9,14H,1,3-5,10-11,15H2. The third kappa shape index (κ3) is 3.16. The molecule has 5 heteroatoms. The SMILES string of the molecule is C=CCS(=O)(=O)N1CCCCC1c1ccc(N)cc1. The van der Waals surface area contributed by atoms with Gasteiger partial charge in [0.1, 0.15) is 0 Å². The zero-order chi connectivity index (χ0) is 13.9. The van der Waals surface area contributed by atoms with Gasteiger partial charge >= 0.3 is 0 Å². The van der Waals surface area contributed by atoms with Crippen molar-refractivity contribution < 1.29 is 8.42 Å². The van der Waals surface area contributed by atoms with E-state index in [9.17, 15) is 8.42 Å². The van der Waals surface area contributed by atoms with Crippen LogP contribution in [0, 0.1) is 0 Å². The fourth-order valence-corrected chi connectivity index (χ4v) is 4.05. The van der Waals surface area contributed by atoms with Crippen molar-refractivity contribution in [2.75, 3.05) is 18.0 Å². The molecular weight excluding hydrogens is 260 g/mol. The van der Waals surface area contributed by atoms with Crippen LogP contribution in [0.15, 0.2) is 36.9 Å². The average molecular weight is 280 g/mol. The van der Waals surface area contributed by atoms with Crippen LogP contribution in [0.4, 0.5) is 5.69 Å². The van der Waals surface area contributed by atoms with E-state index < -0.39 is 10.0 Å². The summed E-state index contributed by atoms with van der Waals surface area (Å²) < 4.78 is 26.1. The lowest BCUT2D eigenvalue weighted by Crippen LogP contribution is -2.39. The molecule has 2 rings (SSSR count). The van der Waals surface area contributed by atoms with Crippen molar-refractivity contribution in [1.29, 1.82) is 0 Å². The molecule has 0 radical (unpaired) electrons. The largest absolute Gasteiger partial charge is 0.399 e. The third-order valence-electron chi connectivity index (χ3n) is 3.46. The van der Waals surface area contributed by atoms with Gasteiger partial charge in [-0.25, -0.2) is 8.42 Å². The minimum atomic E-state index is -3.26. The van der Waals surface area contributed by atoms with Crippen LogP contribution in [0.3, 0.4) is 0 Å². The van der Waals surface area contributed by atoms with Crippen molar-refractivity contribution in [3.63, 3.8) is 0 Å². The van der Waals surface area contributed by atoms with Crippen molar-refractivity contribution in [3.8, 4) is 0 Å². The summed E-state index contributed by atoms with van der Waals surface area (Å²) in [6.45, 7) is 4.12. The Balaban J connectivity index is 2.30. The van der Waals surface area contributed by atoms with E-state index in [1.165, 1.54) is 6.08 Å². The molecule has 0 bridgehead atoms. The summed E-state index contributed by atoms with van der Waals surface area (Å²) in [6.07, 6.45) is 4.28. The molecule has 1 aromatic rings. The highest BCUT2D eigenvalue weighted by atomic mass is 32.2. The highest BCUT2D eigenvalue weighted by molar-refractivity contribution is 7.89. The summed E-state index contributed by atoms with van der Waals surface area (Å²) in [5.41, 5.74) is 7.39. The van der Waals surface area contributed by atoms with Crippen LogP contribution in [0.1, 0.15) is 30.9 Å². The topological polar surface area (TPSA) is 63.4 Å². The van der Waals surface area contributed by atoms with Gasteiger partial charge in [-0.3, -0.25) is 0 Å². The van der Waals surface area contributed by atoms with Gasteiger partial charge in [0.15, 0.2) is 0 Å². The molecule has 0 saturated carbocycles. The van der Waals surface area contributed by atoms with E-state index in [0.717, 1.165) is 24.8 Å². The van der Waals surface area contributed by atoms with E-state index in [2.05, 4.69) is 6.58 Å². The molecule has 19 heavy (non-hydrogen) atoms. The number of piperidine rings is 1. The molecule has 1 fully saturated rings. The van der Waals surface area contributed by atoms with E-state index >= 15 is 0 Å². The zero-order valence-corrected chi connectivity index (χ0v) is 11.8. The van der Waals surface area contributed by atoms with Crippen LogP contribution in [0.25, 0.3) is 0 Å². The van der Waals surface area contributed by atoms with Crippen LogP contribution in [0.2, 0.25) is 0 Å². The average Bonchev–Trinajstić information content (AvgIpc) is 2.39. The molecule has 1 unspecified atom stereocenters. The monoisotopic (exact) mass is 280 g/mol. The molecule has 1 saturated heterocycles. The molecule has 1 aliphatic heterocycles. The Morgan fingerprint density at radius 1 is 1.32 bits per heavy atom. The second kappa shape index (κ2) is 5.75. The fraction of sp³-hybridized carbons (Fsp3) is 0.429. The Morgan fingerprint density at radius 2 is 2.00 bits per heavy atom. The fourth-order valence-electron chi connectivity index (χ4n) is 2.53. The van der Waals surface area contributed by atoms with E-state index in [0.29, 0.717) is 12.2 Å². The van der Waals surface area contributed by atoms with Gasteiger partial charge < -0.3 is 5.73 Å². The molecule has 104 valence electrons. The normalized spacial score (nSPS) is 21.2. The van der Waals surface area contributed by atoms with Gasteiger partial charge in [-0.15, -0.1) is 6.58 Å². The summed E-state index contributed by atoms with van der Waals surface area (Å²) in [5, 5.41) is 0. The quantitative estimate of drug-likeness (QED) is 0.680. The predicted molar refractivity (Wildman–Crippen MR) is 78.1 cm³/mol. The number of nitrogens with zero attached hydrogens (tertiary/aromatic N) is 1. The number of hydrogen-bond donors (Lipinski definition) is 1. The van der Waals surface area contributed by atoms with Crippen LogP contribution < -0.4 is 5.73 Å². The van der Waals surface area contributed by atoms with E-state index in [1.807, 2.05) is 24.3 Å². The van der Waals surface area contributed by atoms with E-state index in [4.69, 9.17) is 5.73 Å². The van der Waals surface area contributed by atoms with Crippen molar-refractivity contribution in [2.24, 2.45) is 0 Å². The highest BCUT2D eigenvalue weighted by Gasteiger charge is 2.32. The van der Waals surface area contributed by atoms with Crippen LogP contribution in [0.5, 0.6) is 0 Å². The smallest absolute Gasteiger partial charge is 0.218 e. The lowest BCUT2D eigenvalue weighted by atomic mass is 9.97. The minimum absolute atomic E-state index is 0.00152. The molecule has 0 amide bonds. The summed E-state index contributed by atoms with van der Waals surface area (Å²) >= 11 is 0. The summed E-state index contributed by atoms with van der Waals surface area (Å²) in [7, 11) is -3.26. The minimum Gasteiger partial charge on any atom is -0.399 e. The summed E-state index contributed by atoms with van der Waals surface area (Å²) in [6, 6.07) is 7.41. The number of sulfonamides is 1. The van der Waals surface area contributed by atoms with Crippen molar-refractivity contribution in [3.05, 3.63) is 42.5 Å². The summed E-state index contributed by atoms with van der Waals surface area (Å²) in [4.78, 5) is 0. The molecule has 1 aliphatic rings. The Bertz CT molecular complexity index is 537. The van der Waals surface area contributed by atoms with Crippen LogP contribution in [-0.2, 0) is 10.0 Å². The number of anilines is 1. The van der Waals surface area contributed by atoms with Gasteiger partial charge in [0.2, 0.25) is 10.0 Å². The molecule has 1 heterocycles. The first-order valence-corrected chi connectivity index (χ1v) is 8.11. The zero-order valence-electron chi connectivity index (χ0n) is 11.0. The summed E-state index contributed by atoms with van der Waals surface area (Å²) in [5.74, 6) is -0.00152. The number of rotatable bonds is 4. The molecule has 0 spiro atoms. The predicted octanol–water partition coefficient (Wildman–Crippen LogP) is 2.31. The molecule has 0 aliphatic carbocycles. The Morgan fingerprint density at radius 3 is 2.63 bits per heavy atom. The van der Waals surface area contributed by atoms with Gasteiger partial charge in [-0.1, -0.05) is 24.6 Å². The van der Waals surface area contributed by atoms with Gasteiger partial charge in [-0.05, 0) is 30.5 Å². The van der Waals surface area contributed by atoms with E-state index in [1.54, 1.807) is 4.31 Å². The second-order valence-electron chi connectivity index (χ2n) is 4.86. The van der Waals surface area contributed by atoms with Gasteiger partial charge in [0.05, 0.1) is 5.75 Å². The van der Waals surface area contributed by atoms with Crippen LogP contribution >= 0.6 is 0 Å². The first-order valence-electron chi connectivity index (χ1n) is 6.50. The highest BCUT2D eigenvalue weighted by Crippen LogP contribution is 2.33. The van der Waals surface area contributed by atoms with Gasteiger partial charge in [0, 0.05) is 18.3 Å². The molecular formula is C14H20N2O2S. The van der Waals surface area contributed by atoms with Crippen molar-refractivity contribution in [2.45, 2.75) is 25.3 Å². The number of hydrogen-bond acceptors (Lipinski definition) is 3. The van der Waals surface area contributed by atoms with Crippen molar-refractivity contribution >= 4 is 15.7 Å². The number of nitrogen functional groups attached to an aromatic ring is 1. The second-order valence-corrected chi connectivity index (χ2v) is 6.82. The van der Waals surface area contributed by atoms with Crippen molar-refractivity contribution in [1.82, 2.24) is 4.31 Å². The molecule has 1 aromatic carbocycles. The Hall–Kier alpha value is -1.33. The lowest BCUT2D eigenvalue weighted by Gasteiger charge is -2.34. The first-order chi connectivity index (χ1) is 9.04. The molecule has 2 N–H and O–H groups in total. The molecule has 1 atom stereocenters. The molecule has 0 aromatic heterocycles. The number of benzene rings is 1. The maximum absolute atomic E-state index is 12.3. The van der Waals surface area contributed by atoms with Gasteiger partial charge in [-0.2, -0.15) is 4.31 Å². The van der Waals surface area contributed by atoms with Gasteiger partial charge in [0.25, 0.3) is 0 Å². The number of nitrogens with two attached hydrogens (primary N) is 1. The maximum atomic E-state index is 12.3. The van der Waals surface area contributed by atoms with Crippen LogP contribution in [-0.4, -0.2) is 25.0 Å². The third-order valence-corrected chi connectivity index (χ3v) is 5.27.